The van der Waals surface area contributed by atoms with Crippen LogP contribution >= 0.6 is 0 Å². The Morgan fingerprint density at radius 1 is 1.47 bits per heavy atom. The van der Waals surface area contributed by atoms with Crippen molar-refractivity contribution in [1.29, 1.82) is 0 Å². The first-order valence-corrected chi connectivity index (χ1v) is 6.64. The summed E-state index contributed by atoms with van der Waals surface area (Å²) in [4.78, 5) is 11.9. The van der Waals surface area contributed by atoms with Crippen LogP contribution in [-0.4, -0.2) is 31.7 Å². The van der Waals surface area contributed by atoms with Gasteiger partial charge in [0, 0.05) is 13.2 Å². The maximum Gasteiger partial charge on any atom is 0.249 e. The van der Waals surface area contributed by atoms with Crippen molar-refractivity contribution in [3.05, 3.63) is 0 Å². The molecule has 0 aromatic heterocycles. The third-order valence-corrected chi connectivity index (χ3v) is 3.27. The zero-order chi connectivity index (χ0) is 12.7. The molecule has 1 saturated heterocycles. The van der Waals surface area contributed by atoms with E-state index in [0.717, 1.165) is 32.1 Å². The highest BCUT2D eigenvalue weighted by Crippen LogP contribution is 2.21. The minimum atomic E-state index is -0.228. The van der Waals surface area contributed by atoms with Crippen LogP contribution in [0.15, 0.2) is 0 Å². The Hall–Kier alpha value is -0.610. The number of nitrogens with two attached hydrogens (primary N) is 1. The Bertz CT molecular complexity index is 236. The number of amides is 1. The summed E-state index contributed by atoms with van der Waals surface area (Å²) in [5, 5.41) is 3.00. The van der Waals surface area contributed by atoms with E-state index in [9.17, 15) is 4.79 Å². The van der Waals surface area contributed by atoms with Crippen LogP contribution in [0.2, 0.25) is 0 Å². The molecule has 0 aromatic rings. The van der Waals surface area contributed by atoms with Crippen molar-refractivity contribution < 1.29 is 9.53 Å². The molecule has 4 nitrogen and oxygen atoms in total. The van der Waals surface area contributed by atoms with Gasteiger partial charge >= 0.3 is 0 Å². The molecule has 1 atom stereocenters. The van der Waals surface area contributed by atoms with Crippen LogP contribution in [-0.2, 0) is 9.53 Å². The highest BCUT2D eigenvalue weighted by Gasteiger charge is 2.24. The molecule has 0 spiro atoms. The lowest BCUT2D eigenvalue weighted by Gasteiger charge is -2.27. The summed E-state index contributed by atoms with van der Waals surface area (Å²) < 4.78 is 5.45. The highest BCUT2D eigenvalue weighted by molar-refractivity contribution is 5.80. The van der Waals surface area contributed by atoms with E-state index in [1.807, 2.05) is 0 Å². The smallest absolute Gasteiger partial charge is 0.249 e. The molecule has 0 bridgehead atoms. The van der Waals surface area contributed by atoms with Crippen molar-refractivity contribution in [2.75, 3.05) is 19.7 Å². The van der Waals surface area contributed by atoms with E-state index in [4.69, 9.17) is 10.5 Å². The summed E-state index contributed by atoms with van der Waals surface area (Å²) in [6.45, 7) is 6.44. The molecular weight excluding hydrogens is 216 g/mol. The van der Waals surface area contributed by atoms with E-state index >= 15 is 0 Å². The van der Waals surface area contributed by atoms with Gasteiger partial charge < -0.3 is 15.8 Å². The Balaban J connectivity index is 2.26. The van der Waals surface area contributed by atoms with Crippen LogP contribution in [0.1, 0.15) is 46.0 Å². The number of ether oxygens (including phenoxy) is 1. The summed E-state index contributed by atoms with van der Waals surface area (Å²) in [6.07, 6.45) is 4.84. The number of nitrogens with one attached hydrogen (secondary N) is 1. The van der Waals surface area contributed by atoms with E-state index in [1.165, 1.54) is 0 Å². The van der Waals surface area contributed by atoms with Gasteiger partial charge in [0.05, 0.1) is 0 Å². The first kappa shape index (κ1) is 14.5. The molecule has 0 saturated carbocycles. The van der Waals surface area contributed by atoms with Crippen molar-refractivity contribution in [3.63, 3.8) is 0 Å². The molecule has 1 fully saturated rings. The van der Waals surface area contributed by atoms with Gasteiger partial charge in [-0.25, -0.2) is 0 Å². The minimum Gasteiger partial charge on any atom is -0.368 e. The van der Waals surface area contributed by atoms with Gasteiger partial charge in [-0.1, -0.05) is 13.8 Å². The Morgan fingerprint density at radius 3 is 2.82 bits per heavy atom. The van der Waals surface area contributed by atoms with Gasteiger partial charge in [-0.3, -0.25) is 4.79 Å². The molecule has 17 heavy (non-hydrogen) atoms. The molecule has 3 N–H and O–H groups in total. The van der Waals surface area contributed by atoms with Gasteiger partial charge in [0.2, 0.25) is 5.91 Å². The van der Waals surface area contributed by atoms with Crippen LogP contribution < -0.4 is 11.1 Å². The van der Waals surface area contributed by atoms with Crippen LogP contribution in [0.5, 0.6) is 0 Å². The SMILES string of the molecule is CC(C)(CCCN)CNC(=O)C1CCCCO1. The normalized spacial score (nSPS) is 21.2. The maximum absolute atomic E-state index is 11.9. The topological polar surface area (TPSA) is 64.3 Å². The molecule has 1 amide bonds. The van der Waals surface area contributed by atoms with Crippen LogP contribution in [0.25, 0.3) is 0 Å². The Kier molecular flexibility index (Phi) is 5.92. The largest absolute Gasteiger partial charge is 0.368 e. The number of carbonyl (C=O) groups excluding carboxylic acids is 1. The predicted octanol–water partition coefficient (Wildman–Crippen LogP) is 1.44. The lowest BCUT2D eigenvalue weighted by Crippen LogP contribution is -2.42. The molecule has 4 heteroatoms. The number of carbonyl (C=O) groups is 1. The van der Waals surface area contributed by atoms with Gasteiger partial charge in [0.15, 0.2) is 0 Å². The van der Waals surface area contributed by atoms with Gasteiger partial charge in [-0.05, 0) is 44.1 Å². The quantitative estimate of drug-likeness (QED) is 0.740. The van der Waals surface area contributed by atoms with Gasteiger partial charge in [0.25, 0.3) is 0 Å². The van der Waals surface area contributed by atoms with Crippen LogP contribution in [0.4, 0.5) is 0 Å². The summed E-state index contributed by atoms with van der Waals surface area (Å²) in [5.74, 6) is 0.0468. The van der Waals surface area contributed by atoms with Crippen LogP contribution in [0.3, 0.4) is 0 Å². The van der Waals surface area contributed by atoms with Gasteiger partial charge in [0.1, 0.15) is 6.10 Å². The highest BCUT2D eigenvalue weighted by atomic mass is 16.5. The van der Waals surface area contributed by atoms with Crippen molar-refractivity contribution in [2.45, 2.75) is 52.1 Å². The van der Waals surface area contributed by atoms with E-state index < -0.39 is 0 Å². The molecule has 1 rings (SSSR count). The number of hydrogen-bond donors (Lipinski definition) is 2. The Labute approximate surface area is 104 Å². The molecule has 100 valence electrons. The van der Waals surface area contributed by atoms with Crippen LogP contribution in [0, 0.1) is 5.41 Å². The second kappa shape index (κ2) is 6.97. The molecule has 0 aliphatic carbocycles. The molecule has 0 radical (unpaired) electrons. The standard InChI is InChI=1S/C13H26N2O2/c1-13(2,7-5-8-14)10-15-12(16)11-6-3-4-9-17-11/h11H,3-10,14H2,1-2H3,(H,15,16). The molecular formula is C13H26N2O2. The molecule has 1 unspecified atom stereocenters. The first-order chi connectivity index (χ1) is 8.05. The summed E-state index contributed by atoms with van der Waals surface area (Å²) >= 11 is 0. The fraction of sp³-hybridized carbons (Fsp3) is 0.923. The summed E-state index contributed by atoms with van der Waals surface area (Å²) in [7, 11) is 0. The average Bonchev–Trinajstić information content (AvgIpc) is 2.35. The molecule has 1 aliphatic rings. The zero-order valence-electron chi connectivity index (χ0n) is 11.1. The maximum atomic E-state index is 11.9. The van der Waals surface area contributed by atoms with E-state index in [2.05, 4.69) is 19.2 Å². The molecule has 0 aromatic carbocycles. The monoisotopic (exact) mass is 242 g/mol. The molecule has 1 aliphatic heterocycles. The fourth-order valence-corrected chi connectivity index (χ4v) is 2.06. The van der Waals surface area contributed by atoms with E-state index in [1.54, 1.807) is 0 Å². The third kappa shape index (κ3) is 5.50. The fourth-order valence-electron chi connectivity index (χ4n) is 2.06. The van der Waals surface area contributed by atoms with Crippen molar-refractivity contribution >= 4 is 5.91 Å². The van der Waals surface area contributed by atoms with Crippen molar-refractivity contribution in [2.24, 2.45) is 11.1 Å². The Morgan fingerprint density at radius 2 is 2.24 bits per heavy atom. The third-order valence-electron chi connectivity index (χ3n) is 3.27. The molecule has 1 heterocycles. The van der Waals surface area contributed by atoms with E-state index in [-0.39, 0.29) is 17.4 Å². The minimum absolute atomic E-state index is 0.0468. The first-order valence-electron chi connectivity index (χ1n) is 6.64. The zero-order valence-corrected chi connectivity index (χ0v) is 11.1. The second-order valence-electron chi connectivity index (χ2n) is 5.63. The van der Waals surface area contributed by atoms with Crippen molar-refractivity contribution in [1.82, 2.24) is 5.32 Å². The summed E-state index contributed by atoms with van der Waals surface area (Å²) in [6, 6.07) is 0. The van der Waals surface area contributed by atoms with Gasteiger partial charge in [-0.15, -0.1) is 0 Å². The lowest BCUT2D eigenvalue weighted by atomic mass is 9.87. The van der Waals surface area contributed by atoms with Gasteiger partial charge in [-0.2, -0.15) is 0 Å². The number of hydrogen-bond acceptors (Lipinski definition) is 3. The summed E-state index contributed by atoms with van der Waals surface area (Å²) in [5.41, 5.74) is 5.62. The van der Waals surface area contributed by atoms with E-state index in [0.29, 0.717) is 19.7 Å². The number of rotatable bonds is 6. The second-order valence-corrected chi connectivity index (χ2v) is 5.63. The van der Waals surface area contributed by atoms with Crippen molar-refractivity contribution in [3.8, 4) is 0 Å². The predicted molar refractivity (Wildman–Crippen MR) is 68.7 cm³/mol. The average molecular weight is 242 g/mol. The lowest BCUT2D eigenvalue weighted by molar-refractivity contribution is -0.135.